The molecule has 4 atom stereocenters. The van der Waals surface area contributed by atoms with Crippen LogP contribution in [0.15, 0.2) is 12.7 Å². The Labute approximate surface area is 164 Å². The van der Waals surface area contributed by atoms with Gasteiger partial charge in [0.25, 0.3) is 0 Å². The molecule has 1 unspecified atom stereocenters. The van der Waals surface area contributed by atoms with Crippen LogP contribution >= 0.6 is 0 Å². The maximum Gasteiger partial charge on any atom is 0.167 e. The summed E-state index contributed by atoms with van der Waals surface area (Å²) in [5.74, 6) is 0.334. The zero-order chi connectivity index (χ0) is 20.3. The number of fused-ring (bicyclic) bond motifs is 3. The lowest BCUT2D eigenvalue weighted by molar-refractivity contribution is -0.209. The predicted molar refractivity (Wildman–Crippen MR) is 103 cm³/mol. The van der Waals surface area contributed by atoms with Gasteiger partial charge >= 0.3 is 0 Å². The van der Waals surface area contributed by atoms with Crippen molar-refractivity contribution in [1.82, 2.24) is 19.5 Å². The number of hydrogen-bond acceptors (Lipinski definition) is 8. The van der Waals surface area contributed by atoms with Crippen molar-refractivity contribution in [3.05, 3.63) is 12.7 Å². The van der Waals surface area contributed by atoms with Crippen molar-refractivity contribution in [1.29, 1.82) is 0 Å². The maximum absolute atomic E-state index is 6.54. The molecule has 0 aromatic carbocycles. The SMILES string of the molecule is CC(C)(C)OC[C@]12CO[C@@H](C1OC(C)(C)C)[C@H](n1cnc3c(N)ncnc31)O2. The molecule has 0 amide bonds. The Morgan fingerprint density at radius 3 is 2.61 bits per heavy atom. The van der Waals surface area contributed by atoms with E-state index < -0.39 is 11.8 Å². The predicted octanol–water partition coefficient (Wildman–Crippen LogP) is 2.07. The van der Waals surface area contributed by atoms with E-state index in [-0.39, 0.29) is 23.4 Å². The summed E-state index contributed by atoms with van der Waals surface area (Å²) in [6.45, 7) is 12.9. The van der Waals surface area contributed by atoms with Crippen molar-refractivity contribution in [2.45, 2.75) is 76.8 Å². The molecular weight excluding hydrogens is 362 g/mol. The molecule has 4 rings (SSSR count). The first kappa shape index (κ1) is 19.5. The molecule has 4 heterocycles. The van der Waals surface area contributed by atoms with Gasteiger partial charge in [-0.25, -0.2) is 15.0 Å². The number of hydrogen-bond donors (Lipinski definition) is 1. The number of rotatable bonds is 4. The van der Waals surface area contributed by atoms with Crippen molar-refractivity contribution in [3.8, 4) is 0 Å². The molecule has 2 fully saturated rings. The van der Waals surface area contributed by atoms with Crippen molar-refractivity contribution < 1.29 is 18.9 Å². The molecule has 0 saturated carbocycles. The van der Waals surface area contributed by atoms with E-state index in [1.165, 1.54) is 6.33 Å². The third kappa shape index (κ3) is 3.36. The first-order chi connectivity index (χ1) is 13.0. The highest BCUT2D eigenvalue weighted by Gasteiger charge is 2.64. The minimum Gasteiger partial charge on any atom is -0.382 e. The van der Waals surface area contributed by atoms with Crippen molar-refractivity contribution in [2.24, 2.45) is 0 Å². The third-order valence-corrected chi connectivity index (χ3v) is 4.86. The highest BCUT2D eigenvalue weighted by atomic mass is 16.7. The molecule has 9 heteroatoms. The van der Waals surface area contributed by atoms with Crippen LogP contribution in [-0.2, 0) is 18.9 Å². The second-order valence-corrected chi connectivity index (χ2v) is 9.48. The number of nitrogen functional groups attached to an aromatic ring is 1. The van der Waals surface area contributed by atoms with Crippen LogP contribution in [-0.4, -0.2) is 61.7 Å². The van der Waals surface area contributed by atoms with Gasteiger partial charge in [0.15, 0.2) is 17.7 Å². The lowest BCUT2D eigenvalue weighted by atomic mass is 9.98. The fourth-order valence-electron chi connectivity index (χ4n) is 3.67. The molecule has 2 saturated heterocycles. The second kappa shape index (κ2) is 6.35. The van der Waals surface area contributed by atoms with Gasteiger partial charge in [-0.05, 0) is 41.5 Å². The molecule has 2 aromatic rings. The first-order valence-electron chi connectivity index (χ1n) is 9.53. The molecule has 2 N–H and O–H groups in total. The highest BCUT2D eigenvalue weighted by molar-refractivity contribution is 5.81. The van der Waals surface area contributed by atoms with E-state index in [1.54, 1.807) is 6.33 Å². The van der Waals surface area contributed by atoms with Crippen molar-refractivity contribution in [3.63, 3.8) is 0 Å². The fourth-order valence-corrected chi connectivity index (χ4v) is 3.67. The van der Waals surface area contributed by atoms with Crippen LogP contribution in [0.1, 0.15) is 47.8 Å². The minimum absolute atomic E-state index is 0.281. The molecule has 2 bridgehead atoms. The Morgan fingerprint density at radius 1 is 1.18 bits per heavy atom. The zero-order valence-electron chi connectivity index (χ0n) is 17.3. The van der Waals surface area contributed by atoms with Crippen molar-refractivity contribution in [2.75, 3.05) is 18.9 Å². The van der Waals surface area contributed by atoms with Gasteiger partial charge in [0.05, 0.1) is 30.7 Å². The molecule has 2 aliphatic heterocycles. The van der Waals surface area contributed by atoms with E-state index >= 15 is 0 Å². The zero-order valence-corrected chi connectivity index (χ0v) is 17.3. The van der Waals surface area contributed by atoms with Gasteiger partial charge in [0, 0.05) is 0 Å². The second-order valence-electron chi connectivity index (χ2n) is 9.48. The first-order valence-corrected chi connectivity index (χ1v) is 9.53. The van der Waals surface area contributed by atoms with E-state index in [1.807, 2.05) is 46.1 Å². The van der Waals surface area contributed by atoms with Crippen LogP contribution in [0.2, 0.25) is 0 Å². The van der Waals surface area contributed by atoms with E-state index in [9.17, 15) is 0 Å². The summed E-state index contributed by atoms with van der Waals surface area (Å²) in [6, 6.07) is 0. The summed E-state index contributed by atoms with van der Waals surface area (Å²) in [4.78, 5) is 12.7. The van der Waals surface area contributed by atoms with Crippen LogP contribution < -0.4 is 5.73 Å². The number of imidazole rings is 1. The number of aromatic nitrogens is 4. The number of anilines is 1. The van der Waals surface area contributed by atoms with Gasteiger partial charge < -0.3 is 24.7 Å². The molecule has 9 nitrogen and oxygen atoms in total. The summed E-state index contributed by atoms with van der Waals surface area (Å²) in [6.07, 6.45) is 2.06. The smallest absolute Gasteiger partial charge is 0.167 e. The van der Waals surface area contributed by atoms with Gasteiger partial charge in [-0.1, -0.05) is 0 Å². The minimum atomic E-state index is -0.703. The van der Waals surface area contributed by atoms with E-state index in [2.05, 4.69) is 15.0 Å². The number of ether oxygens (including phenoxy) is 4. The average molecular weight is 391 g/mol. The number of nitrogens with zero attached hydrogens (tertiary/aromatic N) is 4. The van der Waals surface area contributed by atoms with Crippen molar-refractivity contribution >= 4 is 17.0 Å². The monoisotopic (exact) mass is 391 g/mol. The van der Waals surface area contributed by atoms with Gasteiger partial charge in [-0.3, -0.25) is 4.57 Å². The lowest BCUT2D eigenvalue weighted by Crippen LogP contribution is -2.49. The summed E-state index contributed by atoms with van der Waals surface area (Å²) in [7, 11) is 0. The molecule has 2 aliphatic rings. The van der Waals surface area contributed by atoms with Crippen LogP contribution in [0.3, 0.4) is 0 Å². The summed E-state index contributed by atoms with van der Waals surface area (Å²) < 4.78 is 27.0. The fraction of sp³-hybridized carbons (Fsp3) is 0.737. The molecule has 0 spiro atoms. The maximum atomic E-state index is 6.54. The lowest BCUT2D eigenvalue weighted by Gasteiger charge is -2.35. The van der Waals surface area contributed by atoms with Crippen LogP contribution in [0.5, 0.6) is 0 Å². The van der Waals surface area contributed by atoms with Crippen LogP contribution in [0.4, 0.5) is 5.82 Å². The molecular formula is C19H29N5O4. The molecule has 154 valence electrons. The largest absolute Gasteiger partial charge is 0.382 e. The van der Waals surface area contributed by atoms with Crippen LogP contribution in [0.25, 0.3) is 11.2 Å². The number of nitrogens with two attached hydrogens (primary N) is 1. The quantitative estimate of drug-likeness (QED) is 0.844. The Hall–Kier alpha value is -1.81. The molecule has 28 heavy (non-hydrogen) atoms. The van der Waals surface area contributed by atoms with Gasteiger partial charge in [-0.15, -0.1) is 0 Å². The Balaban J connectivity index is 1.70. The topological polar surface area (TPSA) is 107 Å². The highest BCUT2D eigenvalue weighted by Crippen LogP contribution is 2.48. The Morgan fingerprint density at radius 2 is 1.93 bits per heavy atom. The Kier molecular flexibility index (Phi) is 4.42. The molecule has 0 radical (unpaired) electrons. The summed E-state index contributed by atoms with van der Waals surface area (Å²) in [5.41, 5.74) is 5.72. The summed E-state index contributed by atoms with van der Waals surface area (Å²) in [5, 5.41) is 0. The normalized spacial score (nSPS) is 30.4. The molecule has 0 aliphatic carbocycles. The van der Waals surface area contributed by atoms with E-state index in [0.717, 1.165) is 0 Å². The third-order valence-electron chi connectivity index (χ3n) is 4.86. The summed E-state index contributed by atoms with van der Waals surface area (Å²) >= 11 is 0. The van der Waals surface area contributed by atoms with Gasteiger partial charge in [-0.2, -0.15) is 0 Å². The molecule has 2 aromatic heterocycles. The van der Waals surface area contributed by atoms with Gasteiger partial charge in [0.2, 0.25) is 0 Å². The Bertz CT molecular complexity index is 871. The van der Waals surface area contributed by atoms with E-state index in [4.69, 9.17) is 24.7 Å². The van der Waals surface area contributed by atoms with Gasteiger partial charge in [0.1, 0.15) is 29.7 Å². The van der Waals surface area contributed by atoms with Crippen LogP contribution in [0, 0.1) is 0 Å². The standard InChI is InChI=1S/C19H29N5O4/c1-17(2,3)26-8-19-7-25-12(13(19)27-18(4,5)6)16(28-19)24-10-23-11-14(20)21-9-22-15(11)24/h9-10,12-13,16H,7-8H2,1-6H3,(H2,20,21,22)/t12-,13?,16+,19+/m0/s1. The average Bonchev–Trinajstić information content (AvgIpc) is 3.22. The van der Waals surface area contributed by atoms with E-state index in [0.29, 0.717) is 30.2 Å².